The minimum Gasteiger partial charge on any atom is -0.414 e. The molecule has 0 N–H and O–H groups in total. The third kappa shape index (κ3) is 9.89. The number of ether oxygens (including phenoxy) is 5. The van der Waals surface area contributed by atoms with Crippen LogP contribution in [0.1, 0.15) is 59.8 Å². The first-order chi connectivity index (χ1) is 14.0. The number of hydrogen-bond donors (Lipinski definition) is 0. The monoisotopic (exact) mass is 446 g/mol. The van der Waals surface area contributed by atoms with E-state index in [1.165, 1.54) is 0 Å². The van der Waals surface area contributed by atoms with Crippen LogP contribution >= 0.6 is 0 Å². The molecular formula is C23H46O6Si. The van der Waals surface area contributed by atoms with Crippen molar-refractivity contribution in [3.05, 3.63) is 12.7 Å². The molecule has 0 aromatic rings. The van der Waals surface area contributed by atoms with Gasteiger partial charge in [-0.05, 0) is 50.7 Å². The average molecular weight is 447 g/mol. The summed E-state index contributed by atoms with van der Waals surface area (Å²) in [6, 6.07) is 0. The van der Waals surface area contributed by atoms with Gasteiger partial charge in [-0.15, -0.1) is 6.58 Å². The van der Waals surface area contributed by atoms with Crippen LogP contribution in [0.5, 0.6) is 0 Å². The summed E-state index contributed by atoms with van der Waals surface area (Å²) in [7, 11) is 1.43. The predicted molar refractivity (Wildman–Crippen MR) is 123 cm³/mol. The van der Waals surface area contributed by atoms with Gasteiger partial charge in [-0.2, -0.15) is 0 Å². The molecule has 1 aliphatic rings. The number of rotatable bonds is 14. The van der Waals surface area contributed by atoms with Gasteiger partial charge in [0, 0.05) is 26.7 Å². The molecule has 0 bridgehead atoms. The second kappa shape index (κ2) is 13.3. The Morgan fingerprint density at radius 2 is 1.67 bits per heavy atom. The van der Waals surface area contributed by atoms with Crippen molar-refractivity contribution >= 4 is 8.32 Å². The first-order valence-electron chi connectivity index (χ1n) is 11.2. The molecule has 5 atom stereocenters. The standard InChI is InChI=1S/C23H46O6Si/c1-10-11-19-13-22(29-30(8,9)23(3,4)5)15-21(28-19)14-20(27-17-25-7)12-18(2)26-16-24-6/h10,18-22H,1,11-17H2,2-9H3/t18-,19-,20-,21-,22+/m0/s1. The van der Waals surface area contributed by atoms with Crippen molar-refractivity contribution < 1.29 is 28.1 Å². The van der Waals surface area contributed by atoms with Gasteiger partial charge in [-0.3, -0.25) is 0 Å². The third-order valence-corrected chi connectivity index (χ3v) is 10.7. The highest BCUT2D eigenvalue weighted by molar-refractivity contribution is 6.74. The Morgan fingerprint density at radius 1 is 1.07 bits per heavy atom. The number of methoxy groups -OCH3 is 2. The Kier molecular flexibility index (Phi) is 12.3. The molecule has 0 aromatic carbocycles. The topological polar surface area (TPSA) is 55.4 Å². The van der Waals surface area contributed by atoms with Crippen LogP contribution in [0.3, 0.4) is 0 Å². The van der Waals surface area contributed by atoms with Crippen molar-refractivity contribution in [3.8, 4) is 0 Å². The highest BCUT2D eigenvalue weighted by atomic mass is 28.4. The smallest absolute Gasteiger partial charge is 0.192 e. The van der Waals surface area contributed by atoms with Crippen LogP contribution in [0.25, 0.3) is 0 Å². The zero-order chi connectivity index (χ0) is 22.8. The maximum absolute atomic E-state index is 6.76. The van der Waals surface area contributed by atoms with Gasteiger partial charge in [0.15, 0.2) is 8.32 Å². The van der Waals surface area contributed by atoms with E-state index < -0.39 is 8.32 Å². The van der Waals surface area contributed by atoms with Crippen molar-refractivity contribution in [2.75, 3.05) is 27.8 Å². The second-order valence-corrected chi connectivity index (χ2v) is 14.7. The van der Waals surface area contributed by atoms with Crippen LogP contribution < -0.4 is 0 Å². The third-order valence-electron chi connectivity index (χ3n) is 6.15. The van der Waals surface area contributed by atoms with E-state index in [1.54, 1.807) is 14.2 Å². The molecule has 1 saturated heterocycles. The highest BCUT2D eigenvalue weighted by Crippen LogP contribution is 2.40. The van der Waals surface area contributed by atoms with Crippen molar-refractivity contribution in [3.63, 3.8) is 0 Å². The molecule has 178 valence electrons. The van der Waals surface area contributed by atoms with Crippen molar-refractivity contribution in [1.82, 2.24) is 0 Å². The number of hydrogen-bond acceptors (Lipinski definition) is 6. The van der Waals surface area contributed by atoms with Gasteiger partial charge in [-0.1, -0.05) is 26.8 Å². The predicted octanol–water partition coefficient (Wildman–Crippen LogP) is 5.28. The van der Waals surface area contributed by atoms with Crippen LogP contribution in [0.4, 0.5) is 0 Å². The molecule has 30 heavy (non-hydrogen) atoms. The summed E-state index contributed by atoms with van der Waals surface area (Å²) in [6.45, 7) is 18.0. The summed E-state index contributed by atoms with van der Waals surface area (Å²) in [5.41, 5.74) is 0. The zero-order valence-corrected chi connectivity index (χ0v) is 21.6. The fourth-order valence-corrected chi connectivity index (χ4v) is 4.94. The van der Waals surface area contributed by atoms with Crippen molar-refractivity contribution in [2.24, 2.45) is 0 Å². The summed E-state index contributed by atoms with van der Waals surface area (Å²) in [4.78, 5) is 0. The van der Waals surface area contributed by atoms with Crippen molar-refractivity contribution in [2.45, 2.75) is 108 Å². The van der Waals surface area contributed by atoms with Gasteiger partial charge >= 0.3 is 0 Å². The summed E-state index contributed by atoms with van der Waals surface area (Å²) in [6.07, 6.45) is 6.57. The van der Waals surface area contributed by atoms with Gasteiger partial charge in [0.2, 0.25) is 0 Å². The van der Waals surface area contributed by atoms with E-state index >= 15 is 0 Å². The minimum atomic E-state index is -1.84. The normalized spacial score (nSPS) is 25.1. The lowest BCUT2D eigenvalue weighted by Gasteiger charge is -2.43. The fourth-order valence-electron chi connectivity index (χ4n) is 3.56. The maximum atomic E-state index is 6.76. The van der Waals surface area contributed by atoms with Crippen LogP contribution in [0, 0.1) is 0 Å². The Bertz CT molecular complexity index is 479. The largest absolute Gasteiger partial charge is 0.414 e. The first-order valence-corrected chi connectivity index (χ1v) is 14.1. The van der Waals surface area contributed by atoms with Crippen LogP contribution in [-0.2, 0) is 28.1 Å². The lowest BCUT2D eigenvalue weighted by molar-refractivity contribution is -0.141. The molecule has 0 saturated carbocycles. The van der Waals surface area contributed by atoms with E-state index in [0.29, 0.717) is 0 Å². The lowest BCUT2D eigenvalue weighted by atomic mass is 9.94. The van der Waals surface area contributed by atoms with E-state index in [-0.39, 0.29) is 49.1 Å². The molecule has 6 nitrogen and oxygen atoms in total. The van der Waals surface area contributed by atoms with Crippen LogP contribution in [-0.4, -0.2) is 66.6 Å². The van der Waals surface area contributed by atoms with Gasteiger partial charge < -0.3 is 28.1 Å². The van der Waals surface area contributed by atoms with E-state index in [0.717, 1.165) is 32.1 Å². The second-order valence-electron chi connectivity index (χ2n) is 9.93. The summed E-state index contributed by atoms with van der Waals surface area (Å²) in [5, 5.41) is 0.187. The summed E-state index contributed by atoms with van der Waals surface area (Å²) < 4.78 is 35.0. The van der Waals surface area contributed by atoms with Gasteiger partial charge in [0.25, 0.3) is 0 Å². The summed E-state index contributed by atoms with van der Waals surface area (Å²) in [5.74, 6) is 0. The fraction of sp³-hybridized carbons (Fsp3) is 0.913. The molecule has 1 fully saturated rings. The SMILES string of the molecule is C=CC[C@H]1C[C@@H](O[Si](C)(C)C(C)(C)C)C[C@H](C[C@H](C[C@H](C)OCOC)OCOC)O1. The molecular weight excluding hydrogens is 400 g/mol. The molecule has 7 heteroatoms. The average Bonchev–Trinajstić information content (AvgIpc) is 2.63. The summed E-state index contributed by atoms with van der Waals surface area (Å²) >= 11 is 0. The van der Waals surface area contributed by atoms with Crippen LogP contribution in [0.15, 0.2) is 12.7 Å². The van der Waals surface area contributed by atoms with Crippen molar-refractivity contribution in [1.29, 1.82) is 0 Å². The van der Waals surface area contributed by atoms with E-state index in [4.69, 9.17) is 28.1 Å². The quantitative estimate of drug-likeness (QED) is 0.206. The van der Waals surface area contributed by atoms with E-state index in [2.05, 4.69) is 40.4 Å². The Balaban J connectivity index is 2.81. The molecule has 1 rings (SSSR count). The van der Waals surface area contributed by atoms with Gasteiger partial charge in [0.1, 0.15) is 13.6 Å². The molecule has 1 heterocycles. The van der Waals surface area contributed by atoms with E-state index in [9.17, 15) is 0 Å². The zero-order valence-electron chi connectivity index (χ0n) is 20.6. The minimum absolute atomic E-state index is 0.0159. The molecule has 0 amide bonds. The molecule has 0 spiro atoms. The Hall–Kier alpha value is -0.283. The molecule has 1 aliphatic heterocycles. The lowest BCUT2D eigenvalue weighted by Crippen LogP contribution is -2.48. The Morgan fingerprint density at radius 3 is 2.23 bits per heavy atom. The molecule has 0 aliphatic carbocycles. The van der Waals surface area contributed by atoms with E-state index in [1.807, 2.05) is 13.0 Å². The maximum Gasteiger partial charge on any atom is 0.192 e. The Labute approximate surface area is 185 Å². The van der Waals surface area contributed by atoms with Gasteiger partial charge in [0.05, 0.1) is 24.4 Å². The molecule has 0 unspecified atom stereocenters. The first kappa shape index (κ1) is 27.8. The molecule has 0 radical (unpaired) electrons. The van der Waals surface area contributed by atoms with Crippen LogP contribution in [0.2, 0.25) is 18.1 Å². The molecule has 0 aromatic heterocycles. The van der Waals surface area contributed by atoms with Gasteiger partial charge in [-0.25, -0.2) is 0 Å². The highest BCUT2D eigenvalue weighted by Gasteiger charge is 2.41.